The van der Waals surface area contributed by atoms with E-state index in [4.69, 9.17) is 4.74 Å². The Morgan fingerprint density at radius 1 is 1.48 bits per heavy atom. The lowest BCUT2D eigenvalue weighted by molar-refractivity contribution is -0.137. The molecule has 0 fully saturated rings. The smallest absolute Gasteiger partial charge is 0.330 e. The summed E-state index contributed by atoms with van der Waals surface area (Å²) >= 11 is 0. The topological polar surface area (TPSA) is 60.2 Å². The fourth-order valence-electron chi connectivity index (χ4n) is 2.93. The number of hydrogen-bond donors (Lipinski definition) is 0. The third kappa shape index (κ3) is 2.84. The molecule has 3 rings (SSSR count). The maximum Gasteiger partial charge on any atom is 0.330 e. The maximum absolute atomic E-state index is 11.6. The summed E-state index contributed by atoms with van der Waals surface area (Å²) in [6, 6.07) is 4.05. The van der Waals surface area contributed by atoms with E-state index in [0.29, 0.717) is 6.61 Å². The quantitative estimate of drug-likeness (QED) is 0.641. The van der Waals surface area contributed by atoms with Crippen LogP contribution < -0.4 is 4.90 Å². The predicted octanol–water partition coefficient (Wildman–Crippen LogP) is 2.39. The molecule has 2 aromatic rings. The normalized spacial score (nSPS) is 13.6. The first-order chi connectivity index (χ1) is 11.1. The summed E-state index contributed by atoms with van der Waals surface area (Å²) in [6.45, 7) is 4.94. The highest BCUT2D eigenvalue weighted by atomic mass is 16.5. The Hall–Kier alpha value is -2.63. The van der Waals surface area contributed by atoms with E-state index in [1.165, 1.54) is 11.6 Å². The van der Waals surface area contributed by atoms with Crippen molar-refractivity contribution in [3.8, 4) is 0 Å². The lowest BCUT2D eigenvalue weighted by Crippen LogP contribution is -2.18. The molecule has 0 N–H and O–H groups in total. The number of aryl methyl sites for hydroxylation is 2. The van der Waals surface area contributed by atoms with Crippen LogP contribution in [0.25, 0.3) is 6.08 Å². The van der Waals surface area contributed by atoms with Gasteiger partial charge < -0.3 is 9.64 Å². The van der Waals surface area contributed by atoms with Gasteiger partial charge in [-0.15, -0.1) is 0 Å². The second kappa shape index (κ2) is 6.24. The minimum absolute atomic E-state index is 0.346. The second-order valence-electron chi connectivity index (χ2n) is 5.42. The van der Waals surface area contributed by atoms with Crippen LogP contribution >= 0.6 is 0 Å². The molecule has 0 aromatic carbocycles. The monoisotopic (exact) mass is 312 g/mol. The van der Waals surface area contributed by atoms with Crippen LogP contribution in [0.2, 0.25) is 0 Å². The molecular formula is C17H20N4O2. The molecule has 120 valence electrons. The van der Waals surface area contributed by atoms with Crippen LogP contribution in [0, 0.1) is 6.92 Å². The molecule has 0 saturated heterocycles. The first-order valence-corrected chi connectivity index (χ1v) is 7.71. The molecule has 0 saturated carbocycles. The highest BCUT2D eigenvalue weighted by Gasteiger charge is 2.26. The van der Waals surface area contributed by atoms with Gasteiger partial charge in [0.2, 0.25) is 0 Å². The summed E-state index contributed by atoms with van der Waals surface area (Å²) < 4.78 is 6.79. The van der Waals surface area contributed by atoms with Gasteiger partial charge in [-0.1, -0.05) is 6.07 Å². The first kappa shape index (κ1) is 15.3. The number of rotatable bonds is 4. The molecule has 1 aliphatic heterocycles. The lowest BCUT2D eigenvalue weighted by atomic mass is 10.2. The molecule has 1 aliphatic rings. The van der Waals surface area contributed by atoms with Gasteiger partial charge >= 0.3 is 5.97 Å². The molecule has 0 spiro atoms. The number of ether oxygens (including phenoxy) is 1. The molecule has 0 amide bonds. The van der Waals surface area contributed by atoms with Crippen molar-refractivity contribution in [1.82, 2.24) is 14.8 Å². The van der Waals surface area contributed by atoms with Gasteiger partial charge in [-0.2, -0.15) is 5.10 Å². The number of carbonyl (C=O) groups excluding carboxylic acids is 1. The minimum Gasteiger partial charge on any atom is -0.463 e. The summed E-state index contributed by atoms with van der Waals surface area (Å²) in [7, 11) is 1.91. The first-order valence-electron chi connectivity index (χ1n) is 7.71. The van der Waals surface area contributed by atoms with Gasteiger partial charge in [0, 0.05) is 31.4 Å². The number of esters is 1. The lowest BCUT2D eigenvalue weighted by Gasteiger charge is -2.19. The van der Waals surface area contributed by atoms with Crippen LogP contribution in [-0.2, 0) is 23.0 Å². The van der Waals surface area contributed by atoms with E-state index in [2.05, 4.69) is 21.0 Å². The molecule has 6 nitrogen and oxygen atoms in total. The highest BCUT2D eigenvalue weighted by Crippen LogP contribution is 2.35. The third-order valence-corrected chi connectivity index (χ3v) is 3.89. The van der Waals surface area contributed by atoms with Crippen molar-refractivity contribution in [3.05, 3.63) is 41.2 Å². The molecule has 0 radical (unpaired) electrons. The summed E-state index contributed by atoms with van der Waals surface area (Å²) in [6.07, 6.45) is 5.98. The number of hydrogen-bond acceptors (Lipinski definition) is 5. The SMILES string of the molecule is CCOC(=O)/C=C/c1c(C)nn(C)c1N1CCc2cccnc21. The summed E-state index contributed by atoms with van der Waals surface area (Å²) in [4.78, 5) is 18.3. The van der Waals surface area contributed by atoms with Crippen molar-refractivity contribution in [2.24, 2.45) is 7.05 Å². The largest absolute Gasteiger partial charge is 0.463 e. The zero-order valence-electron chi connectivity index (χ0n) is 13.6. The minimum atomic E-state index is -0.346. The van der Waals surface area contributed by atoms with E-state index in [9.17, 15) is 4.79 Å². The Kier molecular flexibility index (Phi) is 4.14. The van der Waals surface area contributed by atoms with Crippen LogP contribution in [0.3, 0.4) is 0 Å². The Balaban J connectivity index is 1.99. The van der Waals surface area contributed by atoms with Crippen molar-refractivity contribution in [2.45, 2.75) is 20.3 Å². The molecule has 0 bridgehead atoms. The van der Waals surface area contributed by atoms with Crippen LogP contribution in [0.4, 0.5) is 11.6 Å². The Morgan fingerprint density at radius 3 is 3.09 bits per heavy atom. The van der Waals surface area contributed by atoms with Gasteiger partial charge in [0.15, 0.2) is 0 Å². The summed E-state index contributed by atoms with van der Waals surface area (Å²) in [5.74, 6) is 1.56. The van der Waals surface area contributed by atoms with Crippen LogP contribution in [0.1, 0.15) is 23.7 Å². The van der Waals surface area contributed by atoms with Gasteiger partial charge in [-0.25, -0.2) is 9.78 Å². The number of fused-ring (bicyclic) bond motifs is 1. The Bertz CT molecular complexity index is 764. The maximum atomic E-state index is 11.6. The van der Waals surface area contributed by atoms with Gasteiger partial charge in [-0.05, 0) is 38.0 Å². The second-order valence-corrected chi connectivity index (χ2v) is 5.42. The van der Waals surface area contributed by atoms with E-state index in [0.717, 1.165) is 35.9 Å². The van der Waals surface area contributed by atoms with Gasteiger partial charge in [0.25, 0.3) is 0 Å². The summed E-state index contributed by atoms with van der Waals surface area (Å²) in [5, 5.41) is 4.50. The van der Waals surface area contributed by atoms with E-state index in [-0.39, 0.29) is 5.97 Å². The zero-order chi connectivity index (χ0) is 16.4. The molecule has 0 aliphatic carbocycles. The van der Waals surface area contributed by atoms with Crippen molar-refractivity contribution < 1.29 is 9.53 Å². The molecule has 3 heterocycles. The zero-order valence-corrected chi connectivity index (χ0v) is 13.6. The number of nitrogens with zero attached hydrogens (tertiary/aromatic N) is 4. The van der Waals surface area contributed by atoms with Crippen molar-refractivity contribution >= 4 is 23.7 Å². The Morgan fingerprint density at radius 2 is 2.30 bits per heavy atom. The van der Waals surface area contributed by atoms with Crippen LogP contribution in [0.5, 0.6) is 0 Å². The van der Waals surface area contributed by atoms with Crippen molar-refractivity contribution in [2.75, 3.05) is 18.1 Å². The molecule has 0 atom stereocenters. The van der Waals surface area contributed by atoms with Crippen LogP contribution in [0.15, 0.2) is 24.4 Å². The van der Waals surface area contributed by atoms with Gasteiger partial charge in [0.1, 0.15) is 11.6 Å². The molecule has 23 heavy (non-hydrogen) atoms. The number of anilines is 2. The average Bonchev–Trinajstić information content (AvgIpc) is 3.06. The fraction of sp³-hybridized carbons (Fsp3) is 0.353. The third-order valence-electron chi connectivity index (χ3n) is 3.89. The molecular weight excluding hydrogens is 292 g/mol. The average molecular weight is 312 g/mol. The predicted molar refractivity (Wildman–Crippen MR) is 88.6 cm³/mol. The van der Waals surface area contributed by atoms with E-state index < -0.39 is 0 Å². The fourth-order valence-corrected chi connectivity index (χ4v) is 2.93. The van der Waals surface area contributed by atoms with E-state index in [1.807, 2.05) is 24.7 Å². The van der Waals surface area contributed by atoms with Crippen LogP contribution in [-0.4, -0.2) is 33.9 Å². The standard InChI is InChI=1S/C17H20N4O2/c1-4-23-15(22)8-7-14-12(2)19-20(3)17(14)21-11-9-13-6-5-10-18-16(13)21/h5-8,10H,4,9,11H2,1-3H3/b8-7+. The molecule has 2 aromatic heterocycles. The number of pyridine rings is 1. The van der Waals surface area contributed by atoms with E-state index >= 15 is 0 Å². The van der Waals surface area contributed by atoms with Gasteiger partial charge in [0.05, 0.1) is 12.3 Å². The Labute approximate surface area is 135 Å². The molecule has 6 heteroatoms. The van der Waals surface area contributed by atoms with Crippen molar-refractivity contribution in [3.63, 3.8) is 0 Å². The molecule has 0 unspecified atom stereocenters. The van der Waals surface area contributed by atoms with Gasteiger partial charge in [-0.3, -0.25) is 4.68 Å². The van der Waals surface area contributed by atoms with Crippen molar-refractivity contribution in [1.29, 1.82) is 0 Å². The number of aromatic nitrogens is 3. The summed E-state index contributed by atoms with van der Waals surface area (Å²) in [5.41, 5.74) is 3.01. The highest BCUT2D eigenvalue weighted by molar-refractivity contribution is 5.89. The number of carbonyl (C=O) groups is 1. The van der Waals surface area contributed by atoms with E-state index in [1.54, 1.807) is 19.2 Å².